The third kappa shape index (κ3) is 4.61. The van der Waals surface area contributed by atoms with Crippen LogP contribution in [-0.4, -0.2) is 71.9 Å². The van der Waals surface area contributed by atoms with Crippen LogP contribution < -0.4 is 4.74 Å². The summed E-state index contributed by atoms with van der Waals surface area (Å²) in [5.74, 6) is 1.09. The highest BCUT2D eigenvalue weighted by Gasteiger charge is 2.61. The van der Waals surface area contributed by atoms with E-state index in [2.05, 4.69) is 13.8 Å². The van der Waals surface area contributed by atoms with Gasteiger partial charge in [-0.2, -0.15) is 0 Å². The van der Waals surface area contributed by atoms with Gasteiger partial charge in [-0.25, -0.2) is 0 Å². The average molecular weight is 488 g/mol. The molecule has 0 radical (unpaired) electrons. The third-order valence-corrected chi connectivity index (χ3v) is 9.66. The summed E-state index contributed by atoms with van der Waals surface area (Å²) in [5, 5.41) is 20.8. The zero-order chi connectivity index (χ0) is 24.6. The molecular formula is C28H41NO6. The highest BCUT2D eigenvalue weighted by Crippen LogP contribution is 2.62. The minimum absolute atomic E-state index is 0.0163. The van der Waals surface area contributed by atoms with E-state index < -0.39 is 12.4 Å². The number of hydrogen-bond donors (Lipinski definition) is 2. The number of aliphatic hydroxyl groups is 2. The van der Waals surface area contributed by atoms with E-state index in [1.807, 2.05) is 35.2 Å². The molecule has 1 aromatic carbocycles. The van der Waals surface area contributed by atoms with Crippen LogP contribution in [0.15, 0.2) is 30.3 Å². The Kier molecular flexibility index (Phi) is 7.14. The van der Waals surface area contributed by atoms with Gasteiger partial charge >= 0.3 is 0 Å². The molecule has 7 nitrogen and oxygen atoms in total. The zero-order valence-electron chi connectivity index (χ0n) is 21.1. The molecule has 4 aliphatic rings. The Morgan fingerprint density at radius 2 is 1.94 bits per heavy atom. The van der Waals surface area contributed by atoms with Gasteiger partial charge in [-0.1, -0.05) is 32.0 Å². The molecule has 35 heavy (non-hydrogen) atoms. The van der Waals surface area contributed by atoms with Crippen molar-refractivity contribution >= 4 is 5.91 Å². The molecule has 2 N–H and O–H groups in total. The van der Waals surface area contributed by atoms with Crippen LogP contribution in [0.5, 0.6) is 5.75 Å². The molecule has 4 fully saturated rings. The van der Waals surface area contributed by atoms with Gasteiger partial charge in [-0.05, 0) is 67.9 Å². The van der Waals surface area contributed by atoms with Crippen LogP contribution >= 0.6 is 0 Å². The Morgan fingerprint density at radius 1 is 1.14 bits per heavy atom. The van der Waals surface area contributed by atoms with Crippen LogP contribution in [0.1, 0.15) is 58.8 Å². The van der Waals surface area contributed by atoms with E-state index in [-0.39, 0.29) is 41.4 Å². The van der Waals surface area contributed by atoms with E-state index in [0.717, 1.165) is 37.9 Å². The number of amides is 1. The van der Waals surface area contributed by atoms with Crippen LogP contribution in [0.25, 0.3) is 0 Å². The SMILES string of the molecule is C[C@@]12CO[C@@H](COc3ccccc3)O[C@@H]1CC[C@]1(C)[C@@H]2CC[C@@H](O)[C@H]1CC(=O)N1CCC[C@H]1CO. The zero-order valence-corrected chi connectivity index (χ0v) is 21.1. The first kappa shape index (κ1) is 25.0. The topological polar surface area (TPSA) is 88.5 Å². The Balaban J connectivity index is 1.27. The van der Waals surface area contributed by atoms with Gasteiger partial charge in [0.15, 0.2) is 6.29 Å². The largest absolute Gasteiger partial charge is 0.488 e. The fourth-order valence-electron chi connectivity index (χ4n) is 7.71. The van der Waals surface area contributed by atoms with Crippen LogP contribution in [0.2, 0.25) is 0 Å². The molecular weight excluding hydrogens is 446 g/mol. The van der Waals surface area contributed by atoms with Gasteiger partial charge in [-0.15, -0.1) is 0 Å². The lowest BCUT2D eigenvalue weighted by atomic mass is 9.46. The smallest absolute Gasteiger partial charge is 0.223 e. The van der Waals surface area contributed by atoms with E-state index in [4.69, 9.17) is 14.2 Å². The minimum atomic E-state index is -0.479. The second-order valence-electron chi connectivity index (χ2n) is 11.6. The predicted molar refractivity (Wildman–Crippen MR) is 131 cm³/mol. The van der Waals surface area contributed by atoms with Gasteiger partial charge in [0.05, 0.1) is 31.5 Å². The molecule has 2 heterocycles. The average Bonchev–Trinajstić information content (AvgIpc) is 3.34. The van der Waals surface area contributed by atoms with Gasteiger partial charge < -0.3 is 29.3 Å². The maximum absolute atomic E-state index is 13.3. The normalized spacial score (nSPS) is 41.2. The van der Waals surface area contributed by atoms with E-state index in [0.29, 0.717) is 38.5 Å². The first-order chi connectivity index (χ1) is 16.8. The van der Waals surface area contributed by atoms with Crippen molar-refractivity contribution in [2.24, 2.45) is 22.7 Å². The van der Waals surface area contributed by atoms with Gasteiger partial charge in [0.25, 0.3) is 0 Å². The Bertz CT molecular complexity index is 881. The summed E-state index contributed by atoms with van der Waals surface area (Å²) in [6.45, 7) is 6.22. The summed E-state index contributed by atoms with van der Waals surface area (Å²) >= 11 is 0. The standard InChI is InChI=1S/C28H41NO6/c1-27-13-12-24-28(2,18-34-26(35-24)17-33-20-8-4-3-5-9-20)23(27)11-10-22(31)21(27)15-25(32)29-14-6-7-19(29)16-30/h3-5,8-9,19,21-24,26,30-31H,6-7,10-18H2,1-2H3/t19-,21+,22+,23-,24+,26+,27-,28-/m0/s1. The van der Waals surface area contributed by atoms with Crippen molar-refractivity contribution in [3.05, 3.63) is 30.3 Å². The molecule has 5 rings (SSSR count). The molecule has 0 aromatic heterocycles. The van der Waals surface area contributed by atoms with E-state index in [1.54, 1.807) is 0 Å². The number of likely N-dealkylation sites (tertiary alicyclic amines) is 1. The first-order valence-electron chi connectivity index (χ1n) is 13.4. The lowest BCUT2D eigenvalue weighted by Crippen LogP contribution is -2.63. The molecule has 8 atom stereocenters. The second kappa shape index (κ2) is 10.0. The number of hydrogen-bond acceptors (Lipinski definition) is 6. The number of carbonyl (C=O) groups is 1. The van der Waals surface area contributed by atoms with Crippen molar-refractivity contribution in [2.75, 3.05) is 26.4 Å². The molecule has 2 aliphatic carbocycles. The number of fused-ring (bicyclic) bond motifs is 3. The number of carbonyl (C=O) groups excluding carboxylic acids is 1. The lowest BCUT2D eigenvalue weighted by molar-refractivity contribution is -0.313. The highest BCUT2D eigenvalue weighted by atomic mass is 16.7. The Labute approximate surface area is 208 Å². The van der Waals surface area contributed by atoms with Gasteiger partial charge in [0, 0.05) is 18.4 Å². The molecule has 194 valence electrons. The fourth-order valence-corrected chi connectivity index (χ4v) is 7.71. The Hall–Kier alpha value is -1.67. The summed E-state index contributed by atoms with van der Waals surface area (Å²) in [4.78, 5) is 15.1. The van der Waals surface area contributed by atoms with Gasteiger partial charge in [0.1, 0.15) is 12.4 Å². The van der Waals surface area contributed by atoms with Crippen LogP contribution in [0, 0.1) is 22.7 Å². The van der Waals surface area contributed by atoms with Crippen LogP contribution in [-0.2, 0) is 14.3 Å². The molecule has 0 bridgehead atoms. The number of benzene rings is 1. The van der Waals surface area contributed by atoms with Crippen LogP contribution in [0.3, 0.4) is 0 Å². The highest BCUT2D eigenvalue weighted by molar-refractivity contribution is 5.77. The van der Waals surface area contributed by atoms with Gasteiger partial charge in [-0.3, -0.25) is 4.79 Å². The predicted octanol–water partition coefficient (Wildman–Crippen LogP) is 3.37. The maximum atomic E-state index is 13.3. The molecule has 7 heteroatoms. The van der Waals surface area contributed by atoms with Gasteiger partial charge in [0.2, 0.25) is 5.91 Å². The molecule has 1 amide bonds. The number of aliphatic hydroxyl groups excluding tert-OH is 2. The molecule has 1 aromatic rings. The van der Waals surface area contributed by atoms with Crippen molar-refractivity contribution < 1.29 is 29.2 Å². The number of para-hydroxylation sites is 1. The molecule has 2 aliphatic heterocycles. The third-order valence-electron chi connectivity index (χ3n) is 9.66. The summed E-state index contributed by atoms with van der Waals surface area (Å²) in [6, 6.07) is 9.64. The lowest BCUT2D eigenvalue weighted by Gasteiger charge is -2.63. The van der Waals surface area contributed by atoms with E-state index >= 15 is 0 Å². The quantitative estimate of drug-likeness (QED) is 0.640. The summed E-state index contributed by atoms with van der Waals surface area (Å²) in [7, 11) is 0. The van der Waals surface area contributed by atoms with E-state index in [1.165, 1.54) is 0 Å². The van der Waals surface area contributed by atoms with Crippen molar-refractivity contribution in [1.29, 1.82) is 0 Å². The summed E-state index contributed by atoms with van der Waals surface area (Å²) in [5.41, 5.74) is -0.327. The second-order valence-corrected chi connectivity index (χ2v) is 11.6. The molecule has 0 unspecified atom stereocenters. The van der Waals surface area contributed by atoms with Crippen molar-refractivity contribution in [1.82, 2.24) is 4.90 Å². The number of nitrogens with zero attached hydrogens (tertiary/aromatic N) is 1. The minimum Gasteiger partial charge on any atom is -0.488 e. The maximum Gasteiger partial charge on any atom is 0.223 e. The summed E-state index contributed by atoms with van der Waals surface area (Å²) < 4.78 is 18.5. The number of ether oxygens (including phenoxy) is 3. The van der Waals surface area contributed by atoms with Crippen molar-refractivity contribution in [3.63, 3.8) is 0 Å². The van der Waals surface area contributed by atoms with E-state index in [9.17, 15) is 15.0 Å². The fraction of sp³-hybridized carbons (Fsp3) is 0.750. The van der Waals surface area contributed by atoms with Crippen molar-refractivity contribution in [3.8, 4) is 5.75 Å². The molecule has 0 spiro atoms. The number of rotatable bonds is 6. The first-order valence-corrected chi connectivity index (χ1v) is 13.4. The van der Waals surface area contributed by atoms with Crippen LogP contribution in [0.4, 0.5) is 0 Å². The molecule has 2 saturated carbocycles. The monoisotopic (exact) mass is 487 g/mol. The molecule has 2 saturated heterocycles. The Morgan fingerprint density at radius 3 is 2.71 bits per heavy atom. The summed E-state index contributed by atoms with van der Waals surface area (Å²) in [6.07, 6.45) is 4.76. The van der Waals surface area contributed by atoms with Crippen molar-refractivity contribution in [2.45, 2.75) is 83.3 Å².